The van der Waals surface area contributed by atoms with Crippen molar-refractivity contribution in [3.8, 4) is 6.07 Å². The zero-order valence-electron chi connectivity index (χ0n) is 10.8. The highest BCUT2D eigenvalue weighted by atomic mass is 32.2. The fourth-order valence-electron chi connectivity index (χ4n) is 1.98. The van der Waals surface area contributed by atoms with Crippen molar-refractivity contribution in [1.29, 1.82) is 5.26 Å². The van der Waals surface area contributed by atoms with Gasteiger partial charge >= 0.3 is 0 Å². The molecule has 19 heavy (non-hydrogen) atoms. The molecule has 2 heterocycles. The average Bonchev–Trinajstić information content (AvgIpc) is 2.92. The molecule has 1 N–H and O–H groups in total. The smallest absolute Gasteiger partial charge is 0.225 e. The van der Waals surface area contributed by atoms with E-state index in [4.69, 9.17) is 4.42 Å². The minimum Gasteiger partial charge on any atom is -0.469 e. The quantitative estimate of drug-likeness (QED) is 0.839. The lowest BCUT2D eigenvalue weighted by atomic mass is 9.92. The molecular weight excluding hydrogens is 260 g/mol. The highest BCUT2D eigenvalue weighted by Gasteiger charge is 2.31. The molecule has 0 radical (unpaired) electrons. The van der Waals surface area contributed by atoms with E-state index >= 15 is 0 Å². The second kappa shape index (κ2) is 6.48. The number of rotatable bonds is 5. The van der Waals surface area contributed by atoms with Gasteiger partial charge in [-0.2, -0.15) is 5.26 Å². The Balaban J connectivity index is 2.25. The molecule has 1 aromatic heterocycles. The van der Waals surface area contributed by atoms with Crippen molar-refractivity contribution in [2.45, 2.75) is 32.1 Å². The van der Waals surface area contributed by atoms with E-state index in [9.17, 15) is 10.1 Å². The predicted molar refractivity (Wildman–Crippen MR) is 74.2 cm³/mol. The van der Waals surface area contributed by atoms with Gasteiger partial charge in [0.2, 0.25) is 5.91 Å². The molecule has 100 valence electrons. The van der Waals surface area contributed by atoms with Crippen LogP contribution in [0, 0.1) is 11.3 Å². The minimum absolute atomic E-state index is 0.0561. The molecule has 1 aromatic rings. The third-order valence-electron chi connectivity index (χ3n) is 2.99. The van der Waals surface area contributed by atoms with Crippen molar-refractivity contribution < 1.29 is 9.21 Å². The molecular formula is C14H16N2O2S. The molecule has 0 spiro atoms. The van der Waals surface area contributed by atoms with Crippen molar-refractivity contribution in [2.75, 3.05) is 5.75 Å². The number of allylic oxidation sites excluding steroid dienone is 1. The molecule has 0 unspecified atom stereocenters. The van der Waals surface area contributed by atoms with Gasteiger partial charge in [-0.3, -0.25) is 4.79 Å². The lowest BCUT2D eigenvalue weighted by molar-refractivity contribution is -0.120. The summed E-state index contributed by atoms with van der Waals surface area (Å²) >= 11 is 1.54. The van der Waals surface area contributed by atoms with Crippen LogP contribution in [-0.4, -0.2) is 11.7 Å². The second-order valence-corrected chi connectivity index (χ2v) is 5.48. The van der Waals surface area contributed by atoms with E-state index in [0.29, 0.717) is 16.4 Å². The second-order valence-electron chi connectivity index (χ2n) is 4.38. The number of hydrogen-bond acceptors (Lipinski definition) is 4. The molecule has 1 atom stereocenters. The number of unbranched alkanes of at least 4 members (excludes halogenated alkanes) is 1. The Labute approximate surface area is 116 Å². The number of furan rings is 1. The summed E-state index contributed by atoms with van der Waals surface area (Å²) in [5, 5.41) is 12.9. The maximum absolute atomic E-state index is 11.8. The van der Waals surface area contributed by atoms with Crippen molar-refractivity contribution in [3.63, 3.8) is 0 Å². The van der Waals surface area contributed by atoms with Gasteiger partial charge in [0.25, 0.3) is 0 Å². The Kier molecular flexibility index (Phi) is 4.69. The van der Waals surface area contributed by atoms with Crippen LogP contribution < -0.4 is 5.32 Å². The van der Waals surface area contributed by atoms with Gasteiger partial charge < -0.3 is 9.73 Å². The Morgan fingerprint density at radius 1 is 1.63 bits per heavy atom. The Morgan fingerprint density at radius 2 is 2.47 bits per heavy atom. The van der Waals surface area contributed by atoms with E-state index in [1.54, 1.807) is 24.1 Å². The van der Waals surface area contributed by atoms with Gasteiger partial charge in [-0.1, -0.05) is 13.3 Å². The minimum atomic E-state index is -0.252. The van der Waals surface area contributed by atoms with Crippen LogP contribution in [-0.2, 0) is 4.79 Å². The van der Waals surface area contributed by atoms with Crippen molar-refractivity contribution in [2.24, 2.45) is 0 Å². The van der Waals surface area contributed by atoms with E-state index in [0.717, 1.165) is 18.6 Å². The Hall–Kier alpha value is -1.67. The average molecular weight is 276 g/mol. The molecule has 1 aliphatic rings. The first kappa shape index (κ1) is 13.8. The zero-order valence-corrected chi connectivity index (χ0v) is 11.6. The molecule has 0 bridgehead atoms. The molecule has 0 aromatic carbocycles. The first-order valence-electron chi connectivity index (χ1n) is 6.36. The summed E-state index contributed by atoms with van der Waals surface area (Å²) < 4.78 is 5.35. The normalized spacial score (nSPS) is 19.2. The third kappa shape index (κ3) is 3.21. The Morgan fingerprint density at radius 3 is 3.11 bits per heavy atom. The molecule has 0 saturated heterocycles. The van der Waals surface area contributed by atoms with Crippen LogP contribution in [0.2, 0.25) is 0 Å². The first-order chi connectivity index (χ1) is 9.26. The molecule has 0 saturated carbocycles. The van der Waals surface area contributed by atoms with Gasteiger partial charge in [-0.05, 0) is 24.3 Å². The van der Waals surface area contributed by atoms with E-state index in [1.165, 1.54) is 0 Å². The number of amides is 1. The summed E-state index contributed by atoms with van der Waals surface area (Å²) in [5.41, 5.74) is 0.607. The number of nitrogens with zero attached hydrogens (tertiary/aromatic N) is 1. The van der Waals surface area contributed by atoms with Gasteiger partial charge in [-0.25, -0.2) is 0 Å². The summed E-state index contributed by atoms with van der Waals surface area (Å²) in [4.78, 5) is 11.8. The number of nitriles is 1. The van der Waals surface area contributed by atoms with Crippen LogP contribution in [0.1, 0.15) is 37.9 Å². The molecule has 0 fully saturated rings. The van der Waals surface area contributed by atoms with Crippen molar-refractivity contribution in [1.82, 2.24) is 5.32 Å². The van der Waals surface area contributed by atoms with Crippen LogP contribution >= 0.6 is 11.8 Å². The monoisotopic (exact) mass is 276 g/mol. The predicted octanol–water partition coefficient (Wildman–Crippen LogP) is 3.15. The molecule has 4 nitrogen and oxygen atoms in total. The number of carbonyl (C=O) groups is 1. The summed E-state index contributed by atoms with van der Waals surface area (Å²) in [6.45, 7) is 2.12. The van der Waals surface area contributed by atoms with Crippen molar-refractivity contribution in [3.05, 3.63) is 34.8 Å². The SMILES string of the molecule is CCCCSC1=C(C#N)[C@@H](c2ccco2)CC(=O)N1. The molecule has 1 aliphatic heterocycles. The zero-order chi connectivity index (χ0) is 13.7. The van der Waals surface area contributed by atoms with E-state index in [2.05, 4.69) is 18.3 Å². The fourth-order valence-corrected chi connectivity index (χ4v) is 3.15. The van der Waals surface area contributed by atoms with Crippen LogP contribution in [0.5, 0.6) is 0 Å². The highest BCUT2D eigenvalue weighted by Crippen LogP contribution is 2.36. The van der Waals surface area contributed by atoms with E-state index in [-0.39, 0.29) is 18.2 Å². The maximum Gasteiger partial charge on any atom is 0.225 e. The molecule has 1 amide bonds. The number of thioether (sulfide) groups is 1. The van der Waals surface area contributed by atoms with Crippen LogP contribution in [0.3, 0.4) is 0 Å². The van der Waals surface area contributed by atoms with Crippen LogP contribution in [0.15, 0.2) is 33.4 Å². The van der Waals surface area contributed by atoms with Gasteiger partial charge in [-0.15, -0.1) is 11.8 Å². The lowest BCUT2D eigenvalue weighted by Gasteiger charge is -2.23. The third-order valence-corrected chi connectivity index (χ3v) is 4.09. The van der Waals surface area contributed by atoms with Gasteiger partial charge in [0.05, 0.1) is 28.9 Å². The molecule has 0 aliphatic carbocycles. The fraction of sp³-hybridized carbons (Fsp3) is 0.429. The summed E-state index contributed by atoms with van der Waals surface area (Å²) in [7, 11) is 0. The van der Waals surface area contributed by atoms with Crippen molar-refractivity contribution >= 4 is 17.7 Å². The topological polar surface area (TPSA) is 66.0 Å². The molecule has 5 heteroatoms. The molecule has 2 rings (SSSR count). The van der Waals surface area contributed by atoms with Crippen LogP contribution in [0.25, 0.3) is 0 Å². The number of carbonyl (C=O) groups excluding carboxylic acids is 1. The van der Waals surface area contributed by atoms with E-state index < -0.39 is 0 Å². The largest absolute Gasteiger partial charge is 0.469 e. The first-order valence-corrected chi connectivity index (χ1v) is 7.35. The van der Waals surface area contributed by atoms with Gasteiger partial charge in [0.15, 0.2) is 0 Å². The van der Waals surface area contributed by atoms with Gasteiger partial charge in [0.1, 0.15) is 5.76 Å². The standard InChI is InChI=1S/C14H16N2O2S/c1-2-3-7-19-14-11(9-15)10(8-13(17)16-14)12-5-4-6-18-12/h4-6,10H,2-3,7-8H2,1H3,(H,16,17)/t10-/m0/s1. The maximum atomic E-state index is 11.8. The lowest BCUT2D eigenvalue weighted by Crippen LogP contribution is -2.30. The van der Waals surface area contributed by atoms with E-state index in [1.807, 2.05) is 6.07 Å². The summed E-state index contributed by atoms with van der Waals surface area (Å²) in [6, 6.07) is 5.82. The highest BCUT2D eigenvalue weighted by molar-refractivity contribution is 8.03. The number of nitrogens with one attached hydrogen (secondary N) is 1. The summed E-state index contributed by atoms with van der Waals surface area (Å²) in [5.74, 6) is 1.28. The Bertz CT molecular complexity index is 514. The van der Waals surface area contributed by atoms with Crippen LogP contribution in [0.4, 0.5) is 0 Å². The number of hydrogen-bond donors (Lipinski definition) is 1. The van der Waals surface area contributed by atoms with Gasteiger partial charge in [0, 0.05) is 6.42 Å². The summed E-state index contributed by atoms with van der Waals surface area (Å²) in [6.07, 6.45) is 4.00.